The van der Waals surface area contributed by atoms with Crippen molar-refractivity contribution < 1.29 is 14.3 Å². The van der Waals surface area contributed by atoms with Gasteiger partial charge in [-0.3, -0.25) is 4.79 Å². The molecule has 2 aromatic rings. The molecule has 94 valence electrons. The second kappa shape index (κ2) is 5.69. The van der Waals surface area contributed by atoms with Crippen molar-refractivity contribution in [2.24, 2.45) is 0 Å². The Morgan fingerprint density at radius 2 is 2.33 bits per heavy atom. The third-order valence-electron chi connectivity index (χ3n) is 2.02. The number of carboxylic acid groups (broad SMARTS) is 1. The first-order valence-electron chi connectivity index (χ1n) is 4.82. The molecule has 0 aliphatic heterocycles. The third kappa shape index (κ3) is 3.22. The van der Waals surface area contributed by atoms with Gasteiger partial charge in [-0.25, -0.2) is 9.37 Å². The fourth-order valence-electron chi connectivity index (χ4n) is 1.24. The summed E-state index contributed by atoms with van der Waals surface area (Å²) in [6, 6.07) is 4.36. The van der Waals surface area contributed by atoms with Crippen LogP contribution in [0.15, 0.2) is 27.9 Å². The number of thiazole rings is 1. The van der Waals surface area contributed by atoms with E-state index in [0.717, 1.165) is 11.8 Å². The van der Waals surface area contributed by atoms with Gasteiger partial charge in [-0.15, -0.1) is 11.3 Å². The molecular weight excluding hydrogens is 297 g/mol. The monoisotopic (exact) mass is 303 g/mol. The van der Waals surface area contributed by atoms with Crippen LogP contribution < -0.4 is 0 Å². The summed E-state index contributed by atoms with van der Waals surface area (Å²) in [6.45, 7) is 0. The van der Waals surface area contributed by atoms with Gasteiger partial charge in [0.25, 0.3) is 0 Å². The standard InChI is InChI=1S/C11H7ClFNO2S2/c12-7-3-6(1-2-8(7)13)9-4-17-11(14-9)18-5-10(15)16/h1-4H,5H2,(H,15,16). The van der Waals surface area contributed by atoms with Crippen molar-refractivity contribution in [3.63, 3.8) is 0 Å². The van der Waals surface area contributed by atoms with Gasteiger partial charge in [0.15, 0.2) is 4.34 Å². The van der Waals surface area contributed by atoms with E-state index in [1.54, 1.807) is 11.4 Å². The molecule has 3 nitrogen and oxygen atoms in total. The molecule has 1 aromatic heterocycles. The van der Waals surface area contributed by atoms with Crippen LogP contribution in [-0.2, 0) is 4.79 Å². The summed E-state index contributed by atoms with van der Waals surface area (Å²) in [5.74, 6) is -1.39. The average molecular weight is 304 g/mol. The van der Waals surface area contributed by atoms with E-state index in [1.807, 2.05) is 0 Å². The van der Waals surface area contributed by atoms with E-state index in [2.05, 4.69) is 4.98 Å². The maximum Gasteiger partial charge on any atom is 0.313 e. The Morgan fingerprint density at radius 3 is 3.00 bits per heavy atom. The van der Waals surface area contributed by atoms with Gasteiger partial charge in [0.05, 0.1) is 16.5 Å². The molecular formula is C11H7ClFNO2S2. The lowest BCUT2D eigenvalue weighted by Crippen LogP contribution is -1.96. The first-order valence-corrected chi connectivity index (χ1v) is 7.06. The fraction of sp³-hybridized carbons (Fsp3) is 0.0909. The molecule has 2 rings (SSSR count). The second-order valence-corrected chi connectivity index (χ2v) is 5.80. The zero-order valence-electron chi connectivity index (χ0n) is 8.89. The van der Waals surface area contributed by atoms with E-state index >= 15 is 0 Å². The van der Waals surface area contributed by atoms with Gasteiger partial charge < -0.3 is 5.11 Å². The number of rotatable bonds is 4. The quantitative estimate of drug-likeness (QED) is 0.873. The molecule has 1 aromatic carbocycles. The molecule has 0 aliphatic rings. The van der Waals surface area contributed by atoms with Crippen molar-refractivity contribution >= 4 is 40.7 Å². The molecule has 1 heterocycles. The minimum atomic E-state index is -0.887. The average Bonchev–Trinajstić information content (AvgIpc) is 2.79. The number of hydrogen-bond acceptors (Lipinski definition) is 4. The molecule has 0 saturated carbocycles. The van der Waals surface area contributed by atoms with Crippen molar-refractivity contribution in [3.05, 3.63) is 34.4 Å². The Kier molecular flexibility index (Phi) is 4.21. The topological polar surface area (TPSA) is 50.2 Å². The molecule has 7 heteroatoms. The van der Waals surface area contributed by atoms with Crippen molar-refractivity contribution in [2.45, 2.75) is 4.34 Å². The van der Waals surface area contributed by atoms with E-state index in [-0.39, 0.29) is 10.8 Å². The number of carboxylic acids is 1. The van der Waals surface area contributed by atoms with E-state index in [0.29, 0.717) is 15.6 Å². The van der Waals surface area contributed by atoms with Gasteiger partial charge in [0.1, 0.15) is 5.82 Å². The van der Waals surface area contributed by atoms with Gasteiger partial charge >= 0.3 is 5.97 Å². The molecule has 0 unspecified atom stereocenters. The van der Waals surface area contributed by atoms with Gasteiger partial charge in [0.2, 0.25) is 0 Å². The largest absolute Gasteiger partial charge is 0.481 e. The maximum absolute atomic E-state index is 13.0. The number of hydrogen-bond donors (Lipinski definition) is 1. The molecule has 0 fully saturated rings. The summed E-state index contributed by atoms with van der Waals surface area (Å²) < 4.78 is 13.7. The minimum absolute atomic E-state index is 0.0306. The highest BCUT2D eigenvalue weighted by molar-refractivity contribution is 8.01. The Hall–Kier alpha value is -1.11. The Bertz CT molecular complexity index is 588. The number of nitrogens with zero attached hydrogens (tertiary/aromatic N) is 1. The molecule has 0 bridgehead atoms. The van der Waals surface area contributed by atoms with Crippen LogP contribution in [0, 0.1) is 5.82 Å². The van der Waals surface area contributed by atoms with Crippen LogP contribution in [0.5, 0.6) is 0 Å². The summed E-state index contributed by atoms with van der Waals surface area (Å²) in [5, 5.41) is 10.4. The van der Waals surface area contributed by atoms with Crippen LogP contribution in [0.2, 0.25) is 5.02 Å². The normalized spacial score (nSPS) is 10.6. The number of carbonyl (C=O) groups is 1. The van der Waals surface area contributed by atoms with Crippen molar-refractivity contribution in [1.29, 1.82) is 0 Å². The van der Waals surface area contributed by atoms with Crippen molar-refractivity contribution in [1.82, 2.24) is 4.98 Å². The van der Waals surface area contributed by atoms with Gasteiger partial charge in [-0.2, -0.15) is 0 Å². The van der Waals surface area contributed by atoms with E-state index < -0.39 is 11.8 Å². The lowest BCUT2D eigenvalue weighted by atomic mass is 10.2. The highest BCUT2D eigenvalue weighted by Gasteiger charge is 2.08. The summed E-state index contributed by atoms with van der Waals surface area (Å²) in [6.07, 6.45) is 0. The molecule has 0 saturated heterocycles. The zero-order chi connectivity index (χ0) is 13.1. The number of benzene rings is 1. The Balaban J connectivity index is 2.18. The van der Waals surface area contributed by atoms with E-state index in [1.165, 1.54) is 23.5 Å². The lowest BCUT2D eigenvalue weighted by Gasteiger charge is -1.98. The van der Waals surface area contributed by atoms with Crippen LogP contribution in [0.4, 0.5) is 4.39 Å². The summed E-state index contributed by atoms with van der Waals surface area (Å²) in [4.78, 5) is 14.7. The first-order chi connectivity index (χ1) is 8.56. The van der Waals surface area contributed by atoms with Crippen LogP contribution in [0.1, 0.15) is 0 Å². The predicted octanol–water partition coefficient (Wildman–Crippen LogP) is 3.78. The molecule has 0 spiro atoms. The lowest BCUT2D eigenvalue weighted by molar-refractivity contribution is -0.133. The molecule has 18 heavy (non-hydrogen) atoms. The van der Waals surface area contributed by atoms with Crippen LogP contribution >= 0.6 is 34.7 Å². The zero-order valence-corrected chi connectivity index (χ0v) is 11.3. The molecule has 0 radical (unpaired) electrons. The summed E-state index contributed by atoms with van der Waals surface area (Å²) in [5.41, 5.74) is 1.37. The minimum Gasteiger partial charge on any atom is -0.481 e. The van der Waals surface area contributed by atoms with Gasteiger partial charge in [0, 0.05) is 10.9 Å². The molecule has 0 amide bonds. The summed E-state index contributed by atoms with van der Waals surface area (Å²) in [7, 11) is 0. The van der Waals surface area contributed by atoms with E-state index in [4.69, 9.17) is 16.7 Å². The third-order valence-corrected chi connectivity index (χ3v) is 4.31. The van der Waals surface area contributed by atoms with Gasteiger partial charge in [-0.1, -0.05) is 23.4 Å². The van der Waals surface area contributed by atoms with Crippen LogP contribution in [-0.4, -0.2) is 21.8 Å². The molecule has 0 atom stereocenters. The highest BCUT2D eigenvalue weighted by Crippen LogP contribution is 2.30. The number of aliphatic carboxylic acids is 1. The van der Waals surface area contributed by atoms with Gasteiger partial charge in [-0.05, 0) is 18.2 Å². The number of thioether (sulfide) groups is 1. The number of halogens is 2. The predicted molar refractivity (Wildman–Crippen MR) is 70.9 cm³/mol. The van der Waals surface area contributed by atoms with Crippen LogP contribution in [0.3, 0.4) is 0 Å². The smallest absolute Gasteiger partial charge is 0.313 e. The summed E-state index contributed by atoms with van der Waals surface area (Å²) >= 11 is 8.19. The Morgan fingerprint density at radius 1 is 1.56 bits per heavy atom. The number of aromatic nitrogens is 1. The Labute approximate surface area is 116 Å². The SMILES string of the molecule is O=C(O)CSc1nc(-c2ccc(F)c(Cl)c2)cs1. The fourth-order valence-corrected chi connectivity index (χ4v) is 2.97. The molecule has 0 aliphatic carbocycles. The van der Waals surface area contributed by atoms with Crippen LogP contribution in [0.25, 0.3) is 11.3 Å². The molecule has 1 N–H and O–H groups in total. The highest BCUT2D eigenvalue weighted by atomic mass is 35.5. The second-order valence-electron chi connectivity index (χ2n) is 3.31. The first kappa shape index (κ1) is 13.3. The van der Waals surface area contributed by atoms with Crippen molar-refractivity contribution in [3.8, 4) is 11.3 Å². The van der Waals surface area contributed by atoms with Crippen molar-refractivity contribution in [2.75, 3.05) is 5.75 Å². The van der Waals surface area contributed by atoms with E-state index in [9.17, 15) is 9.18 Å². The maximum atomic E-state index is 13.0.